The van der Waals surface area contributed by atoms with Crippen molar-refractivity contribution in [1.29, 1.82) is 0 Å². The Balaban J connectivity index is 0.00000128. The summed E-state index contributed by atoms with van der Waals surface area (Å²) in [6, 6.07) is 10.4. The highest BCUT2D eigenvalue weighted by Crippen LogP contribution is 2.20. The standard InChI is InChI=1S/C12H15N3.ClH/c1-9(13)10-3-5-11(6-4-10)12-7-8-14-15(12)2;/h3-9H,13H2,1-2H3;1H. The van der Waals surface area contributed by atoms with Crippen molar-refractivity contribution in [2.24, 2.45) is 12.8 Å². The van der Waals surface area contributed by atoms with Gasteiger partial charge < -0.3 is 5.73 Å². The van der Waals surface area contributed by atoms with Gasteiger partial charge in [-0.1, -0.05) is 24.3 Å². The summed E-state index contributed by atoms with van der Waals surface area (Å²) in [6.45, 7) is 1.99. The lowest BCUT2D eigenvalue weighted by atomic mass is 10.1. The number of aromatic nitrogens is 2. The van der Waals surface area contributed by atoms with Gasteiger partial charge in [0.2, 0.25) is 0 Å². The van der Waals surface area contributed by atoms with Crippen LogP contribution in [-0.2, 0) is 7.05 Å². The van der Waals surface area contributed by atoms with Crippen LogP contribution in [0.15, 0.2) is 36.5 Å². The molecule has 0 fully saturated rings. The highest BCUT2D eigenvalue weighted by atomic mass is 35.5. The Hall–Kier alpha value is -1.32. The van der Waals surface area contributed by atoms with Gasteiger partial charge in [-0.25, -0.2) is 0 Å². The second kappa shape index (κ2) is 5.14. The highest BCUT2D eigenvalue weighted by molar-refractivity contribution is 5.85. The van der Waals surface area contributed by atoms with Crippen LogP contribution in [0.1, 0.15) is 18.5 Å². The topological polar surface area (TPSA) is 43.8 Å². The minimum atomic E-state index is 0. The number of nitrogens with two attached hydrogens (primary N) is 1. The van der Waals surface area contributed by atoms with Crippen molar-refractivity contribution in [1.82, 2.24) is 9.78 Å². The molecule has 0 aliphatic heterocycles. The van der Waals surface area contributed by atoms with E-state index in [1.54, 1.807) is 6.20 Å². The van der Waals surface area contributed by atoms with Crippen LogP contribution in [0.25, 0.3) is 11.3 Å². The van der Waals surface area contributed by atoms with Crippen molar-refractivity contribution < 1.29 is 0 Å². The van der Waals surface area contributed by atoms with Crippen LogP contribution in [0.2, 0.25) is 0 Å². The lowest BCUT2D eigenvalue weighted by Gasteiger charge is -2.07. The molecule has 2 rings (SSSR count). The summed E-state index contributed by atoms with van der Waals surface area (Å²) in [7, 11) is 1.94. The molecule has 1 aromatic heterocycles. The third kappa shape index (κ3) is 2.43. The molecule has 0 radical (unpaired) electrons. The smallest absolute Gasteiger partial charge is 0.0678 e. The van der Waals surface area contributed by atoms with Crippen molar-refractivity contribution in [2.75, 3.05) is 0 Å². The maximum Gasteiger partial charge on any atom is 0.0678 e. The molecule has 0 aliphatic rings. The molecule has 2 N–H and O–H groups in total. The highest BCUT2D eigenvalue weighted by Gasteiger charge is 2.03. The van der Waals surface area contributed by atoms with Gasteiger partial charge in [0.15, 0.2) is 0 Å². The molecule has 0 saturated carbocycles. The number of hydrogen-bond donors (Lipinski definition) is 1. The molecule has 1 aromatic carbocycles. The van der Waals surface area contributed by atoms with Gasteiger partial charge in [0.25, 0.3) is 0 Å². The fraction of sp³-hybridized carbons (Fsp3) is 0.250. The molecule has 1 heterocycles. The van der Waals surface area contributed by atoms with Gasteiger partial charge in [-0.15, -0.1) is 12.4 Å². The summed E-state index contributed by atoms with van der Waals surface area (Å²) < 4.78 is 1.86. The van der Waals surface area contributed by atoms with Crippen molar-refractivity contribution in [3.05, 3.63) is 42.1 Å². The quantitative estimate of drug-likeness (QED) is 0.872. The lowest BCUT2D eigenvalue weighted by Crippen LogP contribution is -2.04. The molecule has 0 amide bonds. The Morgan fingerprint density at radius 3 is 2.25 bits per heavy atom. The van der Waals surface area contributed by atoms with E-state index in [-0.39, 0.29) is 18.4 Å². The first kappa shape index (κ1) is 12.7. The summed E-state index contributed by atoms with van der Waals surface area (Å²) in [6.07, 6.45) is 1.80. The monoisotopic (exact) mass is 237 g/mol. The zero-order valence-corrected chi connectivity index (χ0v) is 10.2. The molecule has 3 nitrogen and oxygen atoms in total. The molecule has 4 heteroatoms. The van der Waals surface area contributed by atoms with Gasteiger partial charge >= 0.3 is 0 Å². The summed E-state index contributed by atoms with van der Waals surface area (Å²) in [4.78, 5) is 0. The molecule has 1 unspecified atom stereocenters. The van der Waals surface area contributed by atoms with Crippen molar-refractivity contribution in [3.8, 4) is 11.3 Å². The van der Waals surface area contributed by atoms with Crippen LogP contribution in [0.5, 0.6) is 0 Å². The second-order valence-electron chi connectivity index (χ2n) is 3.75. The van der Waals surface area contributed by atoms with Crippen LogP contribution >= 0.6 is 12.4 Å². The molecule has 0 saturated heterocycles. The van der Waals surface area contributed by atoms with Gasteiger partial charge in [0.1, 0.15) is 0 Å². The summed E-state index contributed by atoms with van der Waals surface area (Å²) in [5, 5.41) is 4.14. The molecule has 0 spiro atoms. The van der Waals surface area contributed by atoms with Gasteiger partial charge in [0.05, 0.1) is 5.69 Å². The van der Waals surface area contributed by atoms with E-state index in [4.69, 9.17) is 5.73 Å². The van der Waals surface area contributed by atoms with E-state index < -0.39 is 0 Å². The minimum absolute atomic E-state index is 0. The number of halogens is 1. The number of rotatable bonds is 2. The Morgan fingerprint density at radius 1 is 1.19 bits per heavy atom. The fourth-order valence-electron chi connectivity index (χ4n) is 1.61. The average molecular weight is 238 g/mol. The van der Waals surface area contributed by atoms with E-state index >= 15 is 0 Å². The number of aryl methyl sites for hydroxylation is 1. The van der Waals surface area contributed by atoms with Gasteiger partial charge in [0, 0.05) is 19.3 Å². The van der Waals surface area contributed by atoms with E-state index in [2.05, 4.69) is 29.4 Å². The third-order valence-electron chi connectivity index (χ3n) is 2.55. The molecule has 0 aliphatic carbocycles. The van der Waals surface area contributed by atoms with E-state index in [0.29, 0.717) is 0 Å². The number of hydrogen-bond acceptors (Lipinski definition) is 2. The van der Waals surface area contributed by atoms with E-state index in [1.807, 2.05) is 24.7 Å². The minimum Gasteiger partial charge on any atom is -0.324 e. The SMILES string of the molecule is CC(N)c1ccc(-c2ccnn2C)cc1.Cl. The van der Waals surface area contributed by atoms with Crippen LogP contribution in [0.3, 0.4) is 0 Å². The molecular formula is C12H16ClN3. The van der Waals surface area contributed by atoms with Crippen LogP contribution < -0.4 is 5.73 Å². The number of benzene rings is 1. The van der Waals surface area contributed by atoms with Crippen LogP contribution in [-0.4, -0.2) is 9.78 Å². The first-order valence-corrected chi connectivity index (χ1v) is 5.02. The Morgan fingerprint density at radius 2 is 1.81 bits per heavy atom. The lowest BCUT2D eigenvalue weighted by molar-refractivity contribution is 0.775. The predicted octanol–water partition coefficient (Wildman–Crippen LogP) is 2.53. The third-order valence-corrected chi connectivity index (χ3v) is 2.55. The molecule has 16 heavy (non-hydrogen) atoms. The molecule has 2 aromatic rings. The van der Waals surface area contributed by atoms with Crippen molar-refractivity contribution >= 4 is 12.4 Å². The largest absolute Gasteiger partial charge is 0.324 e. The van der Waals surface area contributed by atoms with E-state index in [9.17, 15) is 0 Å². The van der Waals surface area contributed by atoms with Crippen LogP contribution in [0.4, 0.5) is 0 Å². The molecular weight excluding hydrogens is 222 g/mol. The zero-order chi connectivity index (χ0) is 10.8. The predicted molar refractivity (Wildman–Crippen MR) is 68.5 cm³/mol. The first-order valence-electron chi connectivity index (χ1n) is 5.02. The van der Waals surface area contributed by atoms with Gasteiger partial charge in [-0.2, -0.15) is 5.10 Å². The molecule has 86 valence electrons. The Bertz CT molecular complexity index is 446. The fourth-order valence-corrected chi connectivity index (χ4v) is 1.61. The Labute approximate surface area is 102 Å². The van der Waals surface area contributed by atoms with Crippen LogP contribution in [0, 0.1) is 0 Å². The Kier molecular flexibility index (Phi) is 4.10. The van der Waals surface area contributed by atoms with E-state index in [0.717, 1.165) is 11.3 Å². The molecule has 1 atom stereocenters. The zero-order valence-electron chi connectivity index (χ0n) is 9.42. The van der Waals surface area contributed by atoms with Crippen molar-refractivity contribution in [3.63, 3.8) is 0 Å². The van der Waals surface area contributed by atoms with Crippen molar-refractivity contribution in [2.45, 2.75) is 13.0 Å². The maximum absolute atomic E-state index is 5.79. The number of nitrogens with zero attached hydrogens (tertiary/aromatic N) is 2. The molecule has 0 bridgehead atoms. The maximum atomic E-state index is 5.79. The summed E-state index contributed by atoms with van der Waals surface area (Å²) >= 11 is 0. The van der Waals surface area contributed by atoms with Gasteiger partial charge in [-0.3, -0.25) is 4.68 Å². The first-order chi connectivity index (χ1) is 7.18. The normalized spacial score (nSPS) is 11.9. The van der Waals surface area contributed by atoms with E-state index in [1.165, 1.54) is 5.56 Å². The average Bonchev–Trinajstić information content (AvgIpc) is 2.65. The summed E-state index contributed by atoms with van der Waals surface area (Å²) in [5.74, 6) is 0. The summed E-state index contributed by atoms with van der Waals surface area (Å²) in [5.41, 5.74) is 9.23. The van der Waals surface area contributed by atoms with Gasteiger partial charge in [-0.05, 0) is 24.1 Å². The second-order valence-corrected chi connectivity index (χ2v) is 3.75.